The number of halogens is 1. The summed E-state index contributed by atoms with van der Waals surface area (Å²) in [6.07, 6.45) is 3.67. The van der Waals surface area contributed by atoms with E-state index < -0.39 is 10.0 Å². The maximum absolute atomic E-state index is 12.5. The van der Waals surface area contributed by atoms with Crippen LogP contribution in [0.25, 0.3) is 0 Å². The van der Waals surface area contributed by atoms with Gasteiger partial charge in [-0.05, 0) is 71.4 Å². The number of carbonyl (C=O) groups excluding carboxylic acids is 1. The smallest absolute Gasteiger partial charge is 0.243 e. The van der Waals surface area contributed by atoms with Gasteiger partial charge < -0.3 is 5.32 Å². The predicted octanol–water partition coefficient (Wildman–Crippen LogP) is 3.59. The Kier molecular flexibility index (Phi) is 7.08. The number of aryl methyl sites for hydroxylation is 1. The molecule has 0 bridgehead atoms. The third kappa shape index (κ3) is 5.63. The van der Waals surface area contributed by atoms with Gasteiger partial charge in [0.1, 0.15) is 0 Å². The maximum atomic E-state index is 12.5. The molecule has 27 heavy (non-hydrogen) atoms. The molecule has 0 atom stereocenters. The molecule has 1 fully saturated rings. The average Bonchev–Trinajstić information content (AvgIpc) is 3.33. The highest BCUT2D eigenvalue weighted by atomic mass is 79.9. The lowest BCUT2D eigenvalue weighted by molar-refractivity contribution is -0.121. The Bertz CT molecular complexity index is 873. The summed E-state index contributed by atoms with van der Waals surface area (Å²) in [5.41, 5.74) is 0.965. The van der Waals surface area contributed by atoms with Gasteiger partial charge in [-0.3, -0.25) is 4.79 Å². The molecule has 1 aromatic heterocycles. The Morgan fingerprint density at radius 2 is 1.78 bits per heavy atom. The lowest BCUT2D eigenvalue weighted by Crippen LogP contribution is -2.27. The van der Waals surface area contributed by atoms with Crippen molar-refractivity contribution in [3.8, 4) is 0 Å². The first-order valence-corrected chi connectivity index (χ1v) is 12.1. The lowest BCUT2D eigenvalue weighted by Gasteiger charge is -2.15. The number of benzene rings is 1. The van der Waals surface area contributed by atoms with E-state index in [1.54, 1.807) is 39.9 Å². The van der Waals surface area contributed by atoms with E-state index in [1.807, 2.05) is 6.07 Å². The minimum absolute atomic E-state index is 0.0133. The molecule has 1 amide bonds. The molecule has 8 heteroatoms. The van der Waals surface area contributed by atoms with Crippen LogP contribution in [0.3, 0.4) is 0 Å². The van der Waals surface area contributed by atoms with Gasteiger partial charge in [0.2, 0.25) is 15.9 Å². The normalized spacial score (nSPS) is 15.1. The Labute approximate surface area is 173 Å². The molecule has 0 unspecified atom stereocenters. The van der Waals surface area contributed by atoms with Crippen molar-refractivity contribution in [1.82, 2.24) is 9.62 Å². The number of carbonyl (C=O) groups is 1. The van der Waals surface area contributed by atoms with E-state index in [4.69, 9.17) is 0 Å². The van der Waals surface area contributed by atoms with Gasteiger partial charge in [0.25, 0.3) is 0 Å². The first-order valence-electron chi connectivity index (χ1n) is 9.05. The van der Waals surface area contributed by atoms with E-state index in [0.717, 1.165) is 28.6 Å². The molecule has 2 heterocycles. The number of rotatable bonds is 8. The number of hydrogen-bond acceptors (Lipinski definition) is 4. The van der Waals surface area contributed by atoms with E-state index in [1.165, 1.54) is 4.88 Å². The van der Waals surface area contributed by atoms with Crippen molar-refractivity contribution in [2.24, 2.45) is 0 Å². The van der Waals surface area contributed by atoms with Crippen LogP contribution in [-0.4, -0.2) is 38.3 Å². The summed E-state index contributed by atoms with van der Waals surface area (Å²) >= 11 is 5.11. The lowest BCUT2D eigenvalue weighted by atomic mass is 10.1. The van der Waals surface area contributed by atoms with E-state index in [2.05, 4.69) is 27.3 Å². The standard InChI is InChI=1S/C19H23BrN2O3S2/c20-18-9-6-16(26-18)11-12-21-19(23)10-5-15-3-7-17(8-4-15)27(24,25)22-13-1-2-14-22/h3-4,6-9H,1-2,5,10-14H2,(H,21,23). The van der Waals surface area contributed by atoms with Crippen molar-refractivity contribution in [3.05, 3.63) is 50.6 Å². The Morgan fingerprint density at radius 1 is 1.07 bits per heavy atom. The van der Waals surface area contributed by atoms with E-state index in [-0.39, 0.29) is 5.91 Å². The van der Waals surface area contributed by atoms with Crippen molar-refractivity contribution < 1.29 is 13.2 Å². The van der Waals surface area contributed by atoms with Crippen molar-refractivity contribution in [3.63, 3.8) is 0 Å². The molecule has 0 radical (unpaired) electrons. The van der Waals surface area contributed by atoms with Crippen LogP contribution < -0.4 is 5.32 Å². The fourth-order valence-electron chi connectivity index (χ4n) is 3.06. The zero-order chi connectivity index (χ0) is 19.3. The zero-order valence-corrected chi connectivity index (χ0v) is 18.2. The summed E-state index contributed by atoms with van der Waals surface area (Å²) in [6, 6.07) is 11.0. The number of nitrogens with one attached hydrogen (secondary N) is 1. The Balaban J connectivity index is 1.44. The van der Waals surface area contributed by atoms with Crippen molar-refractivity contribution >= 4 is 43.2 Å². The van der Waals surface area contributed by atoms with E-state index >= 15 is 0 Å². The number of thiophene rings is 1. The van der Waals surface area contributed by atoms with Gasteiger partial charge in [-0.2, -0.15) is 4.31 Å². The second-order valence-electron chi connectivity index (χ2n) is 6.56. The van der Waals surface area contributed by atoms with Gasteiger partial charge in [0, 0.05) is 30.9 Å². The minimum atomic E-state index is -3.37. The van der Waals surface area contributed by atoms with Crippen LogP contribution in [-0.2, 0) is 27.7 Å². The zero-order valence-electron chi connectivity index (χ0n) is 15.0. The van der Waals surface area contributed by atoms with Gasteiger partial charge in [0.15, 0.2) is 0 Å². The topological polar surface area (TPSA) is 66.5 Å². The summed E-state index contributed by atoms with van der Waals surface area (Å²) in [7, 11) is -3.37. The third-order valence-electron chi connectivity index (χ3n) is 4.59. The highest BCUT2D eigenvalue weighted by Crippen LogP contribution is 2.22. The van der Waals surface area contributed by atoms with E-state index in [9.17, 15) is 13.2 Å². The minimum Gasteiger partial charge on any atom is -0.356 e. The highest BCUT2D eigenvalue weighted by Gasteiger charge is 2.26. The molecule has 1 N–H and O–H groups in total. The monoisotopic (exact) mass is 470 g/mol. The van der Waals surface area contributed by atoms with Crippen LogP contribution in [0, 0.1) is 0 Å². The van der Waals surface area contributed by atoms with Gasteiger partial charge in [-0.1, -0.05) is 12.1 Å². The second-order valence-corrected chi connectivity index (χ2v) is 11.0. The van der Waals surface area contributed by atoms with Gasteiger partial charge >= 0.3 is 0 Å². The fraction of sp³-hybridized carbons (Fsp3) is 0.421. The third-order valence-corrected chi connectivity index (χ3v) is 8.19. The van der Waals surface area contributed by atoms with Crippen LogP contribution in [0.2, 0.25) is 0 Å². The maximum Gasteiger partial charge on any atom is 0.243 e. The van der Waals surface area contributed by atoms with Crippen LogP contribution in [0.1, 0.15) is 29.7 Å². The molecule has 0 saturated carbocycles. The highest BCUT2D eigenvalue weighted by molar-refractivity contribution is 9.11. The van der Waals surface area contributed by atoms with Crippen LogP contribution in [0.15, 0.2) is 45.1 Å². The largest absolute Gasteiger partial charge is 0.356 e. The molecule has 1 aliphatic heterocycles. The van der Waals surface area contributed by atoms with Gasteiger partial charge in [0.05, 0.1) is 8.68 Å². The molecule has 5 nitrogen and oxygen atoms in total. The first kappa shape index (κ1) is 20.5. The molecule has 146 valence electrons. The van der Waals surface area contributed by atoms with Crippen molar-refractivity contribution in [2.45, 2.75) is 37.0 Å². The summed E-state index contributed by atoms with van der Waals surface area (Å²) in [5, 5.41) is 2.93. The summed E-state index contributed by atoms with van der Waals surface area (Å²) in [4.78, 5) is 13.6. The summed E-state index contributed by atoms with van der Waals surface area (Å²) in [6.45, 7) is 1.83. The number of amides is 1. The molecule has 0 spiro atoms. The average molecular weight is 471 g/mol. The first-order chi connectivity index (χ1) is 12.9. The van der Waals surface area contributed by atoms with Crippen molar-refractivity contribution in [2.75, 3.05) is 19.6 Å². The second kappa shape index (κ2) is 9.32. The van der Waals surface area contributed by atoms with Gasteiger partial charge in [-0.15, -0.1) is 11.3 Å². The molecule has 3 rings (SSSR count). The SMILES string of the molecule is O=C(CCc1ccc(S(=O)(=O)N2CCCC2)cc1)NCCc1ccc(Br)s1. The van der Waals surface area contributed by atoms with Crippen molar-refractivity contribution in [1.29, 1.82) is 0 Å². The summed E-state index contributed by atoms with van der Waals surface area (Å²) in [5.74, 6) is 0.0133. The molecule has 2 aromatic rings. The van der Waals surface area contributed by atoms with Crippen LogP contribution in [0.4, 0.5) is 0 Å². The number of nitrogens with zero attached hydrogens (tertiary/aromatic N) is 1. The molecule has 1 aromatic carbocycles. The Morgan fingerprint density at radius 3 is 2.41 bits per heavy atom. The molecule has 1 saturated heterocycles. The predicted molar refractivity (Wildman–Crippen MR) is 111 cm³/mol. The van der Waals surface area contributed by atoms with E-state index in [0.29, 0.717) is 37.4 Å². The van der Waals surface area contributed by atoms with Crippen LogP contribution >= 0.6 is 27.3 Å². The quantitative estimate of drug-likeness (QED) is 0.640. The van der Waals surface area contributed by atoms with Crippen LogP contribution in [0.5, 0.6) is 0 Å². The molecular formula is C19H23BrN2O3S2. The molecule has 0 aliphatic carbocycles. The molecular weight excluding hydrogens is 448 g/mol. The summed E-state index contributed by atoms with van der Waals surface area (Å²) < 4.78 is 27.7. The number of hydrogen-bond donors (Lipinski definition) is 1. The van der Waals surface area contributed by atoms with Gasteiger partial charge in [-0.25, -0.2) is 8.42 Å². The Hall–Kier alpha value is -1.22. The molecule has 1 aliphatic rings. The number of sulfonamides is 1. The fourth-order valence-corrected chi connectivity index (χ4v) is 6.06.